The van der Waals surface area contributed by atoms with Gasteiger partial charge in [0, 0.05) is 12.9 Å². The summed E-state index contributed by atoms with van der Waals surface area (Å²) in [5.41, 5.74) is 0.375. The zero-order valence-corrected chi connectivity index (χ0v) is 10.1. The number of rotatable bonds is 3. The molecule has 5 heteroatoms. The number of hydrogen-bond acceptors (Lipinski definition) is 2. The number of nitrogens with zero attached hydrogens (tertiary/aromatic N) is 2. The minimum atomic E-state index is -0.205. The van der Waals surface area contributed by atoms with Crippen LogP contribution >= 0.6 is 11.6 Å². The number of imidazole rings is 1. The molecule has 1 N–H and O–H groups in total. The number of carbonyl (C=O) groups is 1. The number of alkyl halides is 1. The lowest BCUT2D eigenvalue weighted by Gasteiger charge is -2.27. The van der Waals surface area contributed by atoms with Crippen molar-refractivity contribution in [2.75, 3.05) is 5.88 Å². The van der Waals surface area contributed by atoms with Gasteiger partial charge in [-0.3, -0.25) is 4.79 Å². The lowest BCUT2D eigenvalue weighted by molar-refractivity contribution is 0.0901. The van der Waals surface area contributed by atoms with Crippen LogP contribution in [0.3, 0.4) is 0 Å². The van der Waals surface area contributed by atoms with E-state index in [1.54, 1.807) is 17.1 Å². The van der Waals surface area contributed by atoms with Crippen LogP contribution in [0.2, 0.25) is 0 Å². The minimum Gasteiger partial charge on any atom is -0.344 e. The Morgan fingerprint density at radius 1 is 1.62 bits per heavy atom. The highest BCUT2D eigenvalue weighted by molar-refractivity contribution is 6.19. The number of carbonyl (C=O) groups excluding carboxylic acids is 1. The van der Waals surface area contributed by atoms with Gasteiger partial charge >= 0.3 is 0 Å². The molecule has 1 aromatic heterocycles. The standard InChI is InChI=1S/C11H16ClN3O/c1-15-8-13-6-9(15)10(16)14-11(7-12)4-2-3-5-11/h6,8H,2-5,7H2,1H3,(H,14,16). The number of aryl methyl sites for hydroxylation is 1. The van der Waals surface area contributed by atoms with Crippen molar-refractivity contribution in [3.05, 3.63) is 18.2 Å². The predicted molar refractivity (Wildman–Crippen MR) is 62.6 cm³/mol. The lowest BCUT2D eigenvalue weighted by Crippen LogP contribution is -2.48. The summed E-state index contributed by atoms with van der Waals surface area (Å²) < 4.78 is 1.71. The number of nitrogens with one attached hydrogen (secondary N) is 1. The molecule has 1 aliphatic rings. The van der Waals surface area contributed by atoms with Gasteiger partial charge in [-0.05, 0) is 12.8 Å². The van der Waals surface area contributed by atoms with Crippen LogP contribution in [0.15, 0.2) is 12.5 Å². The van der Waals surface area contributed by atoms with Crippen molar-refractivity contribution < 1.29 is 4.79 Å². The molecule has 1 heterocycles. The van der Waals surface area contributed by atoms with Crippen LogP contribution < -0.4 is 5.32 Å². The molecule has 0 bridgehead atoms. The van der Waals surface area contributed by atoms with Crippen molar-refractivity contribution in [2.24, 2.45) is 7.05 Å². The van der Waals surface area contributed by atoms with E-state index in [1.807, 2.05) is 7.05 Å². The second-order valence-corrected chi connectivity index (χ2v) is 4.73. The number of aromatic nitrogens is 2. The molecular weight excluding hydrogens is 226 g/mol. The van der Waals surface area contributed by atoms with Crippen molar-refractivity contribution in [3.8, 4) is 0 Å². The Morgan fingerprint density at radius 3 is 2.81 bits per heavy atom. The van der Waals surface area contributed by atoms with E-state index < -0.39 is 0 Å². The van der Waals surface area contributed by atoms with Gasteiger partial charge in [-0.25, -0.2) is 4.98 Å². The molecular formula is C11H16ClN3O. The quantitative estimate of drug-likeness (QED) is 0.819. The molecule has 1 aromatic rings. The molecule has 1 fully saturated rings. The first-order valence-electron chi connectivity index (χ1n) is 5.52. The van der Waals surface area contributed by atoms with E-state index in [-0.39, 0.29) is 11.4 Å². The average Bonchev–Trinajstić information content (AvgIpc) is 2.87. The fourth-order valence-electron chi connectivity index (χ4n) is 2.22. The van der Waals surface area contributed by atoms with Crippen LogP contribution in [0, 0.1) is 0 Å². The third kappa shape index (κ3) is 2.07. The van der Waals surface area contributed by atoms with Crippen molar-refractivity contribution in [3.63, 3.8) is 0 Å². The zero-order valence-electron chi connectivity index (χ0n) is 9.37. The summed E-state index contributed by atoms with van der Waals surface area (Å²) in [6.45, 7) is 0. The van der Waals surface area contributed by atoms with Crippen molar-refractivity contribution in [1.29, 1.82) is 0 Å². The Hall–Kier alpha value is -1.03. The van der Waals surface area contributed by atoms with E-state index in [0.29, 0.717) is 11.6 Å². The summed E-state index contributed by atoms with van der Waals surface area (Å²) >= 11 is 5.97. The summed E-state index contributed by atoms with van der Waals surface area (Å²) in [5.74, 6) is 0.402. The normalized spacial score (nSPS) is 18.6. The van der Waals surface area contributed by atoms with Gasteiger partial charge in [0.1, 0.15) is 5.69 Å². The van der Waals surface area contributed by atoms with Gasteiger partial charge in [0.25, 0.3) is 5.91 Å². The van der Waals surface area contributed by atoms with Gasteiger partial charge in [-0.1, -0.05) is 12.8 Å². The smallest absolute Gasteiger partial charge is 0.270 e. The molecule has 0 saturated heterocycles. The summed E-state index contributed by atoms with van der Waals surface area (Å²) in [7, 11) is 1.81. The van der Waals surface area contributed by atoms with Crippen molar-refractivity contribution in [1.82, 2.24) is 14.9 Å². The molecule has 4 nitrogen and oxygen atoms in total. The monoisotopic (exact) mass is 241 g/mol. The van der Waals surface area contributed by atoms with E-state index >= 15 is 0 Å². The molecule has 0 spiro atoms. The molecule has 88 valence electrons. The first-order valence-corrected chi connectivity index (χ1v) is 6.05. The Morgan fingerprint density at radius 2 is 2.31 bits per heavy atom. The highest BCUT2D eigenvalue weighted by atomic mass is 35.5. The maximum absolute atomic E-state index is 12.0. The van der Waals surface area contributed by atoms with Gasteiger partial charge in [0.05, 0.1) is 18.1 Å². The fraction of sp³-hybridized carbons (Fsp3) is 0.636. The van der Waals surface area contributed by atoms with E-state index in [9.17, 15) is 4.79 Å². The zero-order chi connectivity index (χ0) is 11.6. The molecule has 1 amide bonds. The van der Waals surface area contributed by atoms with Crippen LogP contribution in [0.1, 0.15) is 36.2 Å². The van der Waals surface area contributed by atoms with Crippen LogP contribution in [0.4, 0.5) is 0 Å². The SMILES string of the molecule is Cn1cncc1C(=O)NC1(CCl)CCCC1. The Bertz CT molecular complexity index is 382. The van der Waals surface area contributed by atoms with E-state index in [4.69, 9.17) is 11.6 Å². The topological polar surface area (TPSA) is 46.9 Å². The first-order chi connectivity index (χ1) is 7.67. The summed E-state index contributed by atoms with van der Waals surface area (Å²) in [6, 6.07) is 0. The Balaban J connectivity index is 2.09. The third-order valence-corrected chi connectivity index (χ3v) is 3.76. The number of halogens is 1. The van der Waals surface area contributed by atoms with Crippen LogP contribution in [0.5, 0.6) is 0 Å². The van der Waals surface area contributed by atoms with Gasteiger partial charge in [-0.15, -0.1) is 11.6 Å². The van der Waals surface area contributed by atoms with Crippen LogP contribution in [-0.2, 0) is 7.05 Å². The second kappa shape index (κ2) is 4.45. The Labute approximate surface area is 100.0 Å². The number of amides is 1. The molecule has 0 atom stereocenters. The predicted octanol–water partition coefficient (Wildman–Crippen LogP) is 1.70. The van der Waals surface area contributed by atoms with Gasteiger partial charge in [0.2, 0.25) is 0 Å². The maximum atomic E-state index is 12.0. The summed E-state index contributed by atoms with van der Waals surface area (Å²) in [5, 5.41) is 3.05. The molecule has 1 aliphatic carbocycles. The molecule has 1 saturated carbocycles. The molecule has 0 radical (unpaired) electrons. The molecule has 0 aromatic carbocycles. The largest absolute Gasteiger partial charge is 0.344 e. The van der Waals surface area contributed by atoms with Crippen LogP contribution in [0.25, 0.3) is 0 Å². The molecule has 16 heavy (non-hydrogen) atoms. The third-order valence-electron chi connectivity index (χ3n) is 3.24. The summed E-state index contributed by atoms with van der Waals surface area (Å²) in [4.78, 5) is 16.0. The molecule has 0 unspecified atom stereocenters. The second-order valence-electron chi connectivity index (χ2n) is 4.46. The molecule has 0 aliphatic heterocycles. The van der Waals surface area contributed by atoms with Crippen molar-refractivity contribution in [2.45, 2.75) is 31.2 Å². The van der Waals surface area contributed by atoms with Gasteiger partial charge in [-0.2, -0.15) is 0 Å². The van der Waals surface area contributed by atoms with Crippen molar-refractivity contribution >= 4 is 17.5 Å². The van der Waals surface area contributed by atoms with Gasteiger partial charge in [0.15, 0.2) is 0 Å². The van der Waals surface area contributed by atoms with E-state index in [2.05, 4.69) is 10.3 Å². The van der Waals surface area contributed by atoms with E-state index in [1.165, 1.54) is 0 Å². The summed E-state index contributed by atoms with van der Waals surface area (Å²) in [6.07, 6.45) is 7.42. The Kier molecular flexibility index (Phi) is 3.19. The fourth-order valence-corrected chi connectivity index (χ4v) is 2.56. The lowest BCUT2D eigenvalue weighted by atomic mass is 10.0. The molecule has 2 rings (SSSR count). The maximum Gasteiger partial charge on any atom is 0.270 e. The number of hydrogen-bond donors (Lipinski definition) is 1. The minimum absolute atomic E-state index is 0.0810. The first kappa shape index (κ1) is 11.5. The average molecular weight is 242 g/mol. The van der Waals surface area contributed by atoms with Gasteiger partial charge < -0.3 is 9.88 Å². The highest BCUT2D eigenvalue weighted by Crippen LogP contribution is 2.30. The van der Waals surface area contributed by atoms with Crippen LogP contribution in [-0.4, -0.2) is 26.9 Å². The highest BCUT2D eigenvalue weighted by Gasteiger charge is 2.35. The van der Waals surface area contributed by atoms with E-state index in [0.717, 1.165) is 25.7 Å².